The van der Waals surface area contributed by atoms with E-state index in [2.05, 4.69) is 5.32 Å². The van der Waals surface area contributed by atoms with Crippen LogP contribution in [0.2, 0.25) is 5.02 Å². The van der Waals surface area contributed by atoms with Crippen molar-refractivity contribution in [2.24, 2.45) is 0 Å². The van der Waals surface area contributed by atoms with E-state index < -0.39 is 38.0 Å². The fourth-order valence-electron chi connectivity index (χ4n) is 2.90. The van der Waals surface area contributed by atoms with Crippen LogP contribution in [0.5, 0.6) is 0 Å². The highest BCUT2D eigenvalue weighted by molar-refractivity contribution is 7.93. The molecule has 160 valence electrons. The number of nitro benzene ring substituents is 1. The molecule has 0 aliphatic rings. The fraction of sp³-hybridized carbons (Fsp3) is 0.0952. The van der Waals surface area contributed by atoms with Crippen LogP contribution in [0.25, 0.3) is 0 Å². The second-order valence-corrected chi connectivity index (χ2v) is 8.85. The van der Waals surface area contributed by atoms with E-state index in [0.717, 1.165) is 22.0 Å². The molecule has 0 radical (unpaired) electrons. The SMILES string of the molecule is Cc1ccc(Cl)cc1NC(=O)CN(c1ccccc1)S(=O)(=O)c1ccccc1[N+](=O)[O-]. The molecule has 1 amide bonds. The molecule has 0 saturated heterocycles. The van der Waals surface area contributed by atoms with Gasteiger partial charge in [-0.15, -0.1) is 0 Å². The van der Waals surface area contributed by atoms with Crippen LogP contribution in [0.3, 0.4) is 0 Å². The molecule has 3 aromatic rings. The number of sulfonamides is 1. The summed E-state index contributed by atoms with van der Waals surface area (Å²) in [6.45, 7) is 1.18. The summed E-state index contributed by atoms with van der Waals surface area (Å²) in [5, 5.41) is 14.5. The zero-order valence-electron chi connectivity index (χ0n) is 16.4. The van der Waals surface area contributed by atoms with Crippen molar-refractivity contribution in [3.63, 3.8) is 0 Å². The second kappa shape index (κ2) is 9.15. The Kier molecular flexibility index (Phi) is 6.57. The number of anilines is 2. The van der Waals surface area contributed by atoms with Crippen LogP contribution in [0.15, 0.2) is 77.7 Å². The van der Waals surface area contributed by atoms with E-state index in [1.807, 2.05) is 0 Å². The maximum Gasteiger partial charge on any atom is 0.289 e. The second-order valence-electron chi connectivity index (χ2n) is 6.58. The smallest absolute Gasteiger partial charge is 0.289 e. The molecule has 0 spiro atoms. The zero-order chi connectivity index (χ0) is 22.6. The predicted octanol–water partition coefficient (Wildman–Crippen LogP) is 4.39. The molecule has 3 rings (SSSR count). The zero-order valence-corrected chi connectivity index (χ0v) is 17.9. The number of hydrogen-bond acceptors (Lipinski definition) is 5. The van der Waals surface area contributed by atoms with Crippen LogP contribution in [-0.2, 0) is 14.8 Å². The van der Waals surface area contributed by atoms with E-state index in [0.29, 0.717) is 10.7 Å². The van der Waals surface area contributed by atoms with E-state index in [1.165, 1.54) is 24.3 Å². The number of benzene rings is 3. The van der Waals surface area contributed by atoms with Gasteiger partial charge in [0.25, 0.3) is 15.7 Å². The molecule has 0 fully saturated rings. The largest absolute Gasteiger partial charge is 0.324 e. The summed E-state index contributed by atoms with van der Waals surface area (Å²) in [6.07, 6.45) is 0. The highest BCUT2D eigenvalue weighted by Crippen LogP contribution is 2.30. The fourth-order valence-corrected chi connectivity index (χ4v) is 4.66. The number of hydrogen-bond donors (Lipinski definition) is 1. The topological polar surface area (TPSA) is 110 Å². The third kappa shape index (κ3) is 5.01. The number of amides is 1. The molecule has 1 N–H and O–H groups in total. The minimum atomic E-state index is -4.43. The van der Waals surface area contributed by atoms with Gasteiger partial charge in [0.15, 0.2) is 4.90 Å². The number of nitrogens with one attached hydrogen (secondary N) is 1. The van der Waals surface area contributed by atoms with Crippen molar-refractivity contribution in [1.82, 2.24) is 0 Å². The third-order valence-electron chi connectivity index (χ3n) is 4.44. The van der Waals surface area contributed by atoms with Gasteiger partial charge in [0.1, 0.15) is 6.54 Å². The van der Waals surface area contributed by atoms with Crippen molar-refractivity contribution in [2.75, 3.05) is 16.2 Å². The first kappa shape index (κ1) is 22.3. The Balaban J connectivity index is 2.01. The molecule has 0 aliphatic heterocycles. The molecule has 0 aliphatic carbocycles. The van der Waals surface area contributed by atoms with Gasteiger partial charge in [0.05, 0.1) is 10.6 Å². The Bertz CT molecular complexity index is 1230. The maximum absolute atomic E-state index is 13.4. The quantitative estimate of drug-likeness (QED) is 0.416. The number of rotatable bonds is 7. The molecule has 0 bridgehead atoms. The molecule has 8 nitrogen and oxygen atoms in total. The first-order chi connectivity index (χ1) is 14.7. The Morgan fingerprint density at radius 1 is 1.06 bits per heavy atom. The van der Waals surface area contributed by atoms with Crippen LogP contribution >= 0.6 is 11.6 Å². The number of carbonyl (C=O) groups is 1. The van der Waals surface area contributed by atoms with Crippen molar-refractivity contribution in [2.45, 2.75) is 11.8 Å². The minimum absolute atomic E-state index is 0.193. The highest BCUT2D eigenvalue weighted by Gasteiger charge is 2.33. The van der Waals surface area contributed by atoms with E-state index in [4.69, 9.17) is 11.6 Å². The Morgan fingerprint density at radius 3 is 2.39 bits per heavy atom. The minimum Gasteiger partial charge on any atom is -0.324 e. The average Bonchev–Trinajstić information content (AvgIpc) is 2.75. The number of carbonyl (C=O) groups excluding carboxylic acids is 1. The van der Waals surface area contributed by atoms with Crippen LogP contribution in [0.4, 0.5) is 17.1 Å². The first-order valence-corrected chi connectivity index (χ1v) is 10.9. The normalized spacial score (nSPS) is 11.0. The van der Waals surface area contributed by atoms with Crippen molar-refractivity contribution in [1.29, 1.82) is 0 Å². The van der Waals surface area contributed by atoms with Gasteiger partial charge in [0.2, 0.25) is 5.91 Å². The summed E-state index contributed by atoms with van der Waals surface area (Å²) >= 11 is 5.98. The molecule has 0 unspecified atom stereocenters. The summed E-state index contributed by atoms with van der Waals surface area (Å²) in [4.78, 5) is 22.9. The number of aryl methyl sites for hydroxylation is 1. The summed E-state index contributed by atoms with van der Waals surface area (Å²) in [5.74, 6) is -0.628. The molecular weight excluding hydrogens is 442 g/mol. The lowest BCUT2D eigenvalue weighted by Crippen LogP contribution is -2.38. The van der Waals surface area contributed by atoms with Crippen molar-refractivity contribution in [3.8, 4) is 0 Å². The van der Waals surface area contributed by atoms with Gasteiger partial charge in [-0.1, -0.05) is 48.0 Å². The van der Waals surface area contributed by atoms with Crippen molar-refractivity contribution < 1.29 is 18.1 Å². The van der Waals surface area contributed by atoms with Crippen molar-refractivity contribution in [3.05, 3.63) is 93.5 Å². The summed E-state index contributed by atoms with van der Waals surface area (Å²) in [7, 11) is -4.43. The molecule has 0 heterocycles. The van der Waals surface area contributed by atoms with Gasteiger partial charge in [-0.25, -0.2) is 8.42 Å². The lowest BCUT2D eigenvalue weighted by Gasteiger charge is -2.24. The number of halogens is 1. The molecule has 31 heavy (non-hydrogen) atoms. The predicted molar refractivity (Wildman–Crippen MR) is 119 cm³/mol. The van der Waals surface area contributed by atoms with Crippen molar-refractivity contribution >= 4 is 44.6 Å². The third-order valence-corrected chi connectivity index (χ3v) is 6.49. The molecule has 10 heteroatoms. The number of para-hydroxylation sites is 2. The summed E-state index contributed by atoms with van der Waals surface area (Å²) < 4.78 is 27.6. The van der Waals surface area contributed by atoms with E-state index in [-0.39, 0.29) is 5.69 Å². The van der Waals surface area contributed by atoms with Gasteiger partial charge in [0, 0.05) is 16.8 Å². The van der Waals surface area contributed by atoms with Gasteiger partial charge < -0.3 is 5.32 Å². The molecule has 0 saturated carbocycles. The summed E-state index contributed by atoms with van der Waals surface area (Å²) in [6, 6.07) is 17.9. The Hall–Kier alpha value is -3.43. The number of nitrogens with zero attached hydrogens (tertiary/aromatic N) is 2. The maximum atomic E-state index is 13.4. The number of nitro groups is 1. The Morgan fingerprint density at radius 2 is 1.71 bits per heavy atom. The van der Waals surface area contributed by atoms with E-state index in [1.54, 1.807) is 43.3 Å². The molecular formula is C21H18ClN3O5S. The van der Waals surface area contributed by atoms with Gasteiger partial charge in [-0.3, -0.25) is 19.2 Å². The molecule has 3 aromatic carbocycles. The van der Waals surface area contributed by atoms with E-state index >= 15 is 0 Å². The summed E-state index contributed by atoms with van der Waals surface area (Å²) in [5.41, 5.74) is 0.798. The van der Waals surface area contributed by atoms with Gasteiger partial charge >= 0.3 is 0 Å². The van der Waals surface area contributed by atoms with Gasteiger partial charge in [-0.05, 0) is 42.8 Å². The van der Waals surface area contributed by atoms with Crippen LogP contribution in [0, 0.1) is 17.0 Å². The highest BCUT2D eigenvalue weighted by atomic mass is 35.5. The van der Waals surface area contributed by atoms with Gasteiger partial charge in [-0.2, -0.15) is 0 Å². The van der Waals surface area contributed by atoms with Crippen LogP contribution < -0.4 is 9.62 Å². The van der Waals surface area contributed by atoms with E-state index in [9.17, 15) is 23.3 Å². The monoisotopic (exact) mass is 459 g/mol. The lowest BCUT2D eigenvalue weighted by atomic mass is 10.2. The first-order valence-electron chi connectivity index (χ1n) is 9.07. The molecule has 0 aromatic heterocycles. The Labute approximate surface area is 184 Å². The van der Waals surface area contributed by atoms with Crippen LogP contribution in [-0.4, -0.2) is 25.8 Å². The lowest BCUT2D eigenvalue weighted by molar-refractivity contribution is -0.387. The van der Waals surface area contributed by atoms with Crippen LogP contribution in [0.1, 0.15) is 5.56 Å². The average molecular weight is 460 g/mol. The standard InChI is InChI=1S/C21H18ClN3O5S/c1-15-11-12-16(22)13-18(15)23-21(26)14-24(17-7-3-2-4-8-17)31(29,30)20-10-6-5-9-19(20)25(27)28/h2-13H,14H2,1H3,(H,23,26). The molecule has 0 atom stereocenters.